The summed E-state index contributed by atoms with van der Waals surface area (Å²) in [6.07, 6.45) is 14.8. The number of ether oxygens (including phenoxy) is 2. The Balaban J connectivity index is 1.64. The van der Waals surface area contributed by atoms with Gasteiger partial charge in [0.1, 0.15) is 12.3 Å². The molecule has 2 rings (SSSR count). The first-order valence-electron chi connectivity index (χ1n) is 15.1. The SMILES string of the molecule is CCCCCCCCCCCc1ccc(OC(C)CCOC(=O)C(CC)[N+](C)(C)Cc2ccccc2)cc1. The van der Waals surface area contributed by atoms with Gasteiger partial charge < -0.3 is 14.0 Å². The molecule has 0 saturated carbocycles. The van der Waals surface area contributed by atoms with E-state index in [0.717, 1.165) is 25.1 Å². The third kappa shape index (κ3) is 12.5. The Kier molecular flexibility index (Phi) is 15.1. The minimum Gasteiger partial charge on any atom is -0.491 e. The van der Waals surface area contributed by atoms with E-state index in [4.69, 9.17) is 9.47 Å². The molecule has 2 atom stereocenters. The van der Waals surface area contributed by atoms with Gasteiger partial charge in [0.15, 0.2) is 6.04 Å². The van der Waals surface area contributed by atoms with Crippen LogP contribution in [0.3, 0.4) is 0 Å². The van der Waals surface area contributed by atoms with E-state index in [2.05, 4.69) is 64.3 Å². The van der Waals surface area contributed by atoms with E-state index >= 15 is 0 Å². The molecule has 212 valence electrons. The third-order valence-electron chi connectivity index (χ3n) is 7.53. The average Bonchev–Trinajstić information content (AvgIpc) is 2.89. The summed E-state index contributed by atoms with van der Waals surface area (Å²) in [5.74, 6) is 0.758. The van der Waals surface area contributed by atoms with Crippen molar-refractivity contribution >= 4 is 5.97 Å². The predicted octanol–water partition coefficient (Wildman–Crippen LogP) is 8.52. The van der Waals surface area contributed by atoms with Crippen molar-refractivity contribution in [2.24, 2.45) is 0 Å². The Morgan fingerprint density at radius 1 is 0.789 bits per heavy atom. The fourth-order valence-corrected chi connectivity index (χ4v) is 5.20. The molecule has 0 N–H and O–H groups in total. The van der Waals surface area contributed by atoms with Gasteiger partial charge in [-0.3, -0.25) is 0 Å². The lowest BCUT2D eigenvalue weighted by Crippen LogP contribution is -2.52. The van der Waals surface area contributed by atoms with Gasteiger partial charge >= 0.3 is 5.97 Å². The van der Waals surface area contributed by atoms with Gasteiger partial charge in [0, 0.05) is 18.4 Å². The molecule has 2 aromatic rings. The number of esters is 1. The second kappa shape index (κ2) is 18.0. The first kappa shape index (κ1) is 31.9. The number of rotatable bonds is 20. The zero-order valence-corrected chi connectivity index (χ0v) is 24.9. The molecule has 0 aromatic heterocycles. The largest absolute Gasteiger partial charge is 0.491 e. The van der Waals surface area contributed by atoms with E-state index in [1.54, 1.807) is 0 Å². The van der Waals surface area contributed by atoms with Crippen molar-refractivity contribution in [1.82, 2.24) is 0 Å². The van der Waals surface area contributed by atoms with Crippen molar-refractivity contribution in [1.29, 1.82) is 0 Å². The highest BCUT2D eigenvalue weighted by molar-refractivity contribution is 5.74. The van der Waals surface area contributed by atoms with Gasteiger partial charge in [0.05, 0.1) is 26.8 Å². The molecule has 2 aromatic carbocycles. The molecule has 0 saturated heterocycles. The van der Waals surface area contributed by atoms with Gasteiger partial charge in [-0.2, -0.15) is 0 Å². The first-order valence-corrected chi connectivity index (χ1v) is 15.1. The monoisotopic (exact) mass is 524 g/mol. The summed E-state index contributed by atoms with van der Waals surface area (Å²) in [6.45, 7) is 7.54. The van der Waals surface area contributed by atoms with Gasteiger partial charge in [-0.15, -0.1) is 0 Å². The molecule has 0 aliphatic rings. The van der Waals surface area contributed by atoms with E-state index in [1.807, 2.05) is 25.1 Å². The van der Waals surface area contributed by atoms with Crippen molar-refractivity contribution < 1.29 is 18.8 Å². The number of aryl methyl sites for hydroxylation is 1. The first-order chi connectivity index (χ1) is 18.4. The Morgan fingerprint density at radius 2 is 1.39 bits per heavy atom. The fourth-order valence-electron chi connectivity index (χ4n) is 5.20. The molecule has 38 heavy (non-hydrogen) atoms. The highest BCUT2D eigenvalue weighted by Gasteiger charge is 2.35. The molecule has 0 spiro atoms. The normalized spacial score (nSPS) is 13.2. The smallest absolute Gasteiger partial charge is 0.364 e. The maximum atomic E-state index is 12.9. The summed E-state index contributed by atoms with van der Waals surface area (Å²) in [5.41, 5.74) is 2.61. The molecule has 2 unspecified atom stereocenters. The van der Waals surface area contributed by atoms with Crippen LogP contribution in [0.25, 0.3) is 0 Å². The van der Waals surface area contributed by atoms with Crippen molar-refractivity contribution in [2.45, 2.75) is 117 Å². The van der Waals surface area contributed by atoms with E-state index < -0.39 is 0 Å². The van der Waals surface area contributed by atoms with E-state index in [-0.39, 0.29) is 18.1 Å². The number of nitrogens with zero attached hydrogens (tertiary/aromatic N) is 1. The van der Waals surface area contributed by atoms with Crippen molar-refractivity contribution in [3.8, 4) is 5.75 Å². The standard InChI is InChI=1S/C34H54NO3/c1-6-8-9-10-11-12-13-14-16-19-30-22-24-32(25-23-30)38-29(3)26-27-37-34(36)33(7-2)35(4,5)28-31-20-17-15-18-21-31/h15,17-18,20-25,29,33H,6-14,16,19,26-28H2,1-5H3/q+1. The molecule has 0 bridgehead atoms. The molecule has 0 amide bonds. The summed E-state index contributed by atoms with van der Waals surface area (Å²) in [6, 6.07) is 18.7. The zero-order valence-electron chi connectivity index (χ0n) is 24.9. The number of unbranched alkanes of at least 4 members (excludes halogenated alkanes) is 8. The highest BCUT2D eigenvalue weighted by atomic mass is 16.5. The van der Waals surface area contributed by atoms with Crippen LogP contribution < -0.4 is 4.74 Å². The maximum absolute atomic E-state index is 12.9. The molecular weight excluding hydrogens is 470 g/mol. The highest BCUT2D eigenvalue weighted by Crippen LogP contribution is 2.20. The zero-order chi connectivity index (χ0) is 27.6. The van der Waals surface area contributed by atoms with Crippen LogP contribution in [0.4, 0.5) is 0 Å². The number of benzene rings is 2. The summed E-state index contributed by atoms with van der Waals surface area (Å²) in [7, 11) is 4.21. The van der Waals surface area contributed by atoms with Crippen LogP contribution in [0, 0.1) is 0 Å². The van der Waals surface area contributed by atoms with Crippen LogP contribution in [0.5, 0.6) is 5.75 Å². The second-order valence-corrected chi connectivity index (χ2v) is 11.5. The van der Waals surface area contributed by atoms with Crippen LogP contribution in [-0.4, -0.2) is 43.3 Å². The summed E-state index contributed by atoms with van der Waals surface area (Å²) >= 11 is 0. The van der Waals surface area contributed by atoms with Crippen molar-refractivity contribution in [3.63, 3.8) is 0 Å². The molecule has 0 aliphatic carbocycles. The number of carbonyl (C=O) groups is 1. The van der Waals surface area contributed by atoms with Crippen LogP contribution in [0.15, 0.2) is 54.6 Å². The topological polar surface area (TPSA) is 35.5 Å². The van der Waals surface area contributed by atoms with E-state index in [0.29, 0.717) is 17.5 Å². The molecule has 4 heteroatoms. The second-order valence-electron chi connectivity index (χ2n) is 11.5. The number of hydrogen-bond donors (Lipinski definition) is 0. The minimum atomic E-state index is -0.190. The molecule has 0 radical (unpaired) electrons. The van der Waals surface area contributed by atoms with Crippen LogP contribution >= 0.6 is 0 Å². The van der Waals surface area contributed by atoms with Gasteiger partial charge in [0.2, 0.25) is 0 Å². The fraction of sp³-hybridized carbons (Fsp3) is 0.618. The molecule has 0 heterocycles. The molecular formula is C34H54NO3+. The van der Waals surface area contributed by atoms with Gasteiger partial charge in [-0.05, 0) is 37.5 Å². The number of quaternary nitrogens is 1. The Bertz CT molecular complexity index is 878. The summed E-state index contributed by atoms with van der Waals surface area (Å²) in [5, 5.41) is 0. The van der Waals surface area contributed by atoms with Crippen LogP contribution in [0.1, 0.15) is 103 Å². The van der Waals surface area contributed by atoms with Gasteiger partial charge in [-0.25, -0.2) is 4.79 Å². The minimum absolute atomic E-state index is 0.0159. The predicted molar refractivity (Wildman–Crippen MR) is 159 cm³/mol. The molecule has 0 aliphatic heterocycles. The third-order valence-corrected chi connectivity index (χ3v) is 7.53. The maximum Gasteiger partial charge on any atom is 0.364 e. The Labute approximate surface area is 233 Å². The summed E-state index contributed by atoms with van der Waals surface area (Å²) in [4.78, 5) is 12.9. The lowest BCUT2D eigenvalue weighted by molar-refractivity contribution is -0.919. The number of hydrogen-bond acceptors (Lipinski definition) is 3. The number of likely N-dealkylation sites (N-methyl/N-ethyl adjacent to an activating group) is 1. The lowest BCUT2D eigenvalue weighted by atomic mass is 10.0. The average molecular weight is 525 g/mol. The summed E-state index contributed by atoms with van der Waals surface area (Å²) < 4.78 is 12.4. The lowest BCUT2D eigenvalue weighted by Gasteiger charge is -2.36. The van der Waals surface area contributed by atoms with E-state index in [9.17, 15) is 4.79 Å². The van der Waals surface area contributed by atoms with Crippen molar-refractivity contribution in [2.75, 3.05) is 20.7 Å². The number of carbonyl (C=O) groups excluding carboxylic acids is 1. The molecule has 4 nitrogen and oxygen atoms in total. The Hall–Kier alpha value is -2.33. The van der Waals surface area contributed by atoms with Crippen LogP contribution in [-0.2, 0) is 22.5 Å². The van der Waals surface area contributed by atoms with Gasteiger partial charge in [0.25, 0.3) is 0 Å². The Morgan fingerprint density at radius 3 is 2.00 bits per heavy atom. The van der Waals surface area contributed by atoms with Crippen LogP contribution in [0.2, 0.25) is 0 Å². The van der Waals surface area contributed by atoms with E-state index in [1.165, 1.54) is 68.9 Å². The molecule has 0 fully saturated rings. The van der Waals surface area contributed by atoms with Crippen molar-refractivity contribution in [3.05, 3.63) is 65.7 Å². The quantitative estimate of drug-likeness (QED) is 0.0989. The van der Waals surface area contributed by atoms with Gasteiger partial charge in [-0.1, -0.05) is 108 Å².